The van der Waals surface area contributed by atoms with E-state index in [0.29, 0.717) is 12.1 Å². The number of rotatable bonds is 2. The van der Waals surface area contributed by atoms with Crippen molar-refractivity contribution in [1.29, 1.82) is 0 Å². The van der Waals surface area contributed by atoms with Gasteiger partial charge in [-0.3, -0.25) is 9.80 Å². The summed E-state index contributed by atoms with van der Waals surface area (Å²) in [6, 6.07) is 4.66. The van der Waals surface area contributed by atoms with E-state index >= 15 is 0 Å². The molecule has 3 nitrogen and oxygen atoms in total. The van der Waals surface area contributed by atoms with Crippen molar-refractivity contribution < 1.29 is 18.0 Å². The highest BCUT2D eigenvalue weighted by Crippen LogP contribution is 2.31. The van der Waals surface area contributed by atoms with E-state index in [1.54, 1.807) is 0 Å². The van der Waals surface area contributed by atoms with E-state index in [0.717, 1.165) is 12.1 Å². The molecular weight excluding hydrogens is 245 g/mol. The molecule has 2 rings (SSSR count). The third kappa shape index (κ3) is 2.48. The first-order valence-corrected chi connectivity index (χ1v) is 5.65. The maximum absolute atomic E-state index is 12.4. The molecule has 0 aliphatic carbocycles. The summed E-state index contributed by atoms with van der Waals surface area (Å²) >= 11 is 0. The van der Waals surface area contributed by atoms with E-state index < -0.39 is 11.7 Å². The summed E-state index contributed by atoms with van der Waals surface area (Å²) in [5.41, 5.74) is 2.98. The van der Waals surface area contributed by atoms with Gasteiger partial charge in [0.15, 0.2) is 0 Å². The van der Waals surface area contributed by atoms with Crippen LogP contribution in [0.2, 0.25) is 0 Å². The van der Waals surface area contributed by atoms with Crippen LogP contribution in [0, 0.1) is 0 Å². The van der Waals surface area contributed by atoms with Gasteiger partial charge in [0.1, 0.15) is 0 Å². The van der Waals surface area contributed by atoms with Gasteiger partial charge in [0.05, 0.1) is 11.6 Å². The lowest BCUT2D eigenvalue weighted by molar-refractivity contribution is -0.137. The summed E-state index contributed by atoms with van der Waals surface area (Å²) in [6.45, 7) is 2.37. The van der Waals surface area contributed by atoms with Gasteiger partial charge in [-0.05, 0) is 24.6 Å². The van der Waals surface area contributed by atoms with Crippen LogP contribution in [-0.2, 0) is 11.0 Å². The molecule has 0 bridgehead atoms. The first kappa shape index (κ1) is 12.9. The van der Waals surface area contributed by atoms with E-state index in [-0.39, 0.29) is 18.4 Å². The molecule has 6 heteroatoms. The Morgan fingerprint density at radius 3 is 2.39 bits per heavy atom. The van der Waals surface area contributed by atoms with Crippen LogP contribution in [0.4, 0.5) is 13.2 Å². The molecule has 0 saturated carbocycles. The minimum atomic E-state index is -4.33. The average Bonchev–Trinajstić information content (AvgIpc) is 2.69. The predicted molar refractivity (Wildman–Crippen MR) is 59.3 cm³/mol. The molecule has 1 aromatic rings. The standard InChI is InChI=1S/C12H13F3N2O/c1-2-17-11(18)7-10(16-17)8-3-5-9(6-4-8)12(13,14)15/h3-6,10,16H,2,7H2,1H3. The van der Waals surface area contributed by atoms with Gasteiger partial charge in [-0.2, -0.15) is 13.2 Å². The zero-order valence-electron chi connectivity index (χ0n) is 9.79. The molecule has 18 heavy (non-hydrogen) atoms. The van der Waals surface area contributed by atoms with Crippen molar-refractivity contribution in [1.82, 2.24) is 10.4 Å². The van der Waals surface area contributed by atoms with Gasteiger partial charge in [-0.15, -0.1) is 0 Å². The second-order valence-electron chi connectivity index (χ2n) is 4.14. The average molecular weight is 258 g/mol. The number of nitrogens with one attached hydrogen (secondary N) is 1. The Morgan fingerprint density at radius 2 is 1.94 bits per heavy atom. The zero-order valence-corrected chi connectivity index (χ0v) is 9.79. The summed E-state index contributed by atoms with van der Waals surface area (Å²) in [4.78, 5) is 11.5. The molecule has 0 aromatic heterocycles. The SMILES string of the molecule is CCN1NC(c2ccc(C(F)(F)F)cc2)CC1=O. The van der Waals surface area contributed by atoms with Crippen molar-refractivity contribution in [2.75, 3.05) is 6.54 Å². The van der Waals surface area contributed by atoms with Gasteiger partial charge in [0, 0.05) is 13.0 Å². The topological polar surface area (TPSA) is 32.3 Å². The van der Waals surface area contributed by atoms with Gasteiger partial charge in [0.2, 0.25) is 5.91 Å². The number of hydrazine groups is 1. The first-order chi connectivity index (χ1) is 8.41. The van der Waals surface area contributed by atoms with Gasteiger partial charge < -0.3 is 0 Å². The fraction of sp³-hybridized carbons (Fsp3) is 0.417. The molecule has 1 saturated heterocycles. The lowest BCUT2D eigenvalue weighted by atomic mass is 10.0. The summed E-state index contributed by atoms with van der Waals surface area (Å²) in [6.07, 6.45) is -4.05. The Kier molecular flexibility index (Phi) is 3.30. The number of benzene rings is 1. The number of nitrogens with zero attached hydrogens (tertiary/aromatic N) is 1. The summed E-state index contributed by atoms with van der Waals surface area (Å²) in [5, 5.41) is 1.47. The Bertz CT molecular complexity index is 442. The van der Waals surface area contributed by atoms with Crippen molar-refractivity contribution >= 4 is 5.91 Å². The molecule has 98 valence electrons. The maximum atomic E-state index is 12.4. The molecule has 1 fully saturated rings. The molecule has 0 radical (unpaired) electrons. The summed E-state index contributed by atoms with van der Waals surface area (Å²) in [5.74, 6) is -0.0394. The fourth-order valence-corrected chi connectivity index (χ4v) is 1.96. The number of carbonyl (C=O) groups is 1. The number of amides is 1. The zero-order chi connectivity index (χ0) is 13.3. The Labute approximate surface area is 103 Å². The predicted octanol–water partition coefficient (Wildman–Crippen LogP) is 2.50. The van der Waals surface area contributed by atoms with E-state index in [1.807, 2.05) is 6.92 Å². The van der Waals surface area contributed by atoms with E-state index in [2.05, 4.69) is 5.43 Å². The number of hydrogen-bond donors (Lipinski definition) is 1. The van der Waals surface area contributed by atoms with Crippen LogP contribution in [-0.4, -0.2) is 17.5 Å². The van der Waals surface area contributed by atoms with Crippen molar-refractivity contribution in [3.63, 3.8) is 0 Å². The summed E-state index contributed by atoms with van der Waals surface area (Å²) < 4.78 is 37.2. The Balaban J connectivity index is 2.14. The third-order valence-corrected chi connectivity index (χ3v) is 2.95. The highest BCUT2D eigenvalue weighted by Gasteiger charge is 2.32. The minimum absolute atomic E-state index is 0.0394. The fourth-order valence-electron chi connectivity index (χ4n) is 1.96. The van der Waals surface area contributed by atoms with Crippen molar-refractivity contribution in [2.24, 2.45) is 0 Å². The number of carbonyl (C=O) groups excluding carboxylic acids is 1. The lowest BCUT2D eigenvalue weighted by Crippen LogP contribution is -2.34. The highest BCUT2D eigenvalue weighted by molar-refractivity contribution is 5.78. The van der Waals surface area contributed by atoms with Crippen LogP contribution < -0.4 is 5.43 Å². The van der Waals surface area contributed by atoms with Crippen molar-refractivity contribution in [2.45, 2.75) is 25.6 Å². The molecule has 1 aliphatic rings. The molecule has 1 aliphatic heterocycles. The van der Waals surface area contributed by atoms with Gasteiger partial charge in [-0.25, -0.2) is 5.43 Å². The van der Waals surface area contributed by atoms with Crippen molar-refractivity contribution in [3.05, 3.63) is 35.4 Å². The van der Waals surface area contributed by atoms with Gasteiger partial charge >= 0.3 is 6.18 Å². The van der Waals surface area contributed by atoms with Crippen LogP contribution in [0.3, 0.4) is 0 Å². The van der Waals surface area contributed by atoms with E-state index in [9.17, 15) is 18.0 Å². The van der Waals surface area contributed by atoms with Gasteiger partial charge in [-0.1, -0.05) is 12.1 Å². The smallest absolute Gasteiger partial charge is 0.278 e. The molecule has 1 aromatic carbocycles. The van der Waals surface area contributed by atoms with Crippen LogP contribution in [0.1, 0.15) is 30.5 Å². The number of alkyl halides is 3. The molecule has 1 heterocycles. The minimum Gasteiger partial charge on any atom is -0.278 e. The van der Waals surface area contributed by atoms with Crippen molar-refractivity contribution in [3.8, 4) is 0 Å². The number of hydrogen-bond acceptors (Lipinski definition) is 2. The quantitative estimate of drug-likeness (QED) is 0.884. The molecule has 1 unspecified atom stereocenters. The van der Waals surface area contributed by atoms with Crippen LogP contribution in [0.25, 0.3) is 0 Å². The van der Waals surface area contributed by atoms with Crippen LogP contribution in [0.5, 0.6) is 0 Å². The number of halogens is 3. The molecule has 1 atom stereocenters. The lowest BCUT2D eigenvalue weighted by Gasteiger charge is -2.16. The van der Waals surface area contributed by atoms with Crippen LogP contribution in [0.15, 0.2) is 24.3 Å². The largest absolute Gasteiger partial charge is 0.416 e. The first-order valence-electron chi connectivity index (χ1n) is 5.65. The Hall–Kier alpha value is -1.56. The normalized spacial score (nSPS) is 20.6. The second-order valence-corrected chi connectivity index (χ2v) is 4.14. The third-order valence-electron chi connectivity index (χ3n) is 2.95. The highest BCUT2D eigenvalue weighted by atomic mass is 19.4. The monoisotopic (exact) mass is 258 g/mol. The molecule has 0 spiro atoms. The van der Waals surface area contributed by atoms with Crippen LogP contribution >= 0.6 is 0 Å². The van der Waals surface area contributed by atoms with E-state index in [1.165, 1.54) is 17.1 Å². The molecule has 1 amide bonds. The Morgan fingerprint density at radius 1 is 1.33 bits per heavy atom. The molecular formula is C12H13F3N2O. The maximum Gasteiger partial charge on any atom is 0.416 e. The molecule has 1 N–H and O–H groups in total. The van der Waals surface area contributed by atoms with Gasteiger partial charge in [0.25, 0.3) is 0 Å². The second kappa shape index (κ2) is 4.61. The van der Waals surface area contributed by atoms with E-state index in [4.69, 9.17) is 0 Å². The summed E-state index contributed by atoms with van der Waals surface area (Å²) in [7, 11) is 0.